The lowest BCUT2D eigenvalue weighted by molar-refractivity contribution is -0.605. The van der Waals surface area contributed by atoms with Crippen molar-refractivity contribution in [3.05, 3.63) is 55.9 Å². The summed E-state index contributed by atoms with van der Waals surface area (Å²) in [5.74, 6) is -1.20. The van der Waals surface area contributed by atoms with E-state index in [0.717, 1.165) is 0 Å². The van der Waals surface area contributed by atoms with Crippen molar-refractivity contribution < 1.29 is 14.6 Å². The molecular weight excluding hydrogens is 357 g/mol. The molecule has 0 radical (unpaired) electrons. The molecule has 1 N–H and O–H groups in total. The minimum absolute atomic E-state index is 0.0221. The van der Waals surface area contributed by atoms with E-state index in [1.54, 1.807) is 12.1 Å². The molecule has 0 aliphatic carbocycles. The van der Waals surface area contributed by atoms with Gasteiger partial charge in [0.25, 0.3) is 0 Å². The van der Waals surface area contributed by atoms with Gasteiger partial charge in [-0.2, -0.15) is 4.73 Å². The number of aromatic nitrogens is 1. The molecule has 2 rings (SSSR count). The fraction of sp³-hybridized carbons (Fsp3) is 0. The number of rotatable bonds is 2. The monoisotopic (exact) mass is 361 g/mol. The minimum Gasteiger partial charge on any atom is -0.619 e. The summed E-state index contributed by atoms with van der Waals surface area (Å²) in [6.45, 7) is 0. The molecule has 0 atom stereocenters. The maximum absolute atomic E-state index is 11.1. The average molecular weight is 363 g/mol. The number of carboxylic acid groups (broad SMARTS) is 1. The molecule has 4 nitrogen and oxygen atoms in total. The van der Waals surface area contributed by atoms with Crippen LogP contribution in [0, 0.1) is 5.21 Å². The fourth-order valence-electron chi connectivity index (χ4n) is 1.59. The second-order valence-corrected chi connectivity index (χ2v) is 5.24. The van der Waals surface area contributed by atoms with Gasteiger partial charge >= 0.3 is 5.97 Å². The molecule has 1 aromatic carbocycles. The highest BCUT2D eigenvalue weighted by Gasteiger charge is 2.20. The van der Waals surface area contributed by atoms with Crippen LogP contribution in [0.4, 0.5) is 0 Å². The van der Waals surface area contributed by atoms with Crippen LogP contribution in [0.25, 0.3) is 11.1 Å². The molecule has 0 unspecified atom stereocenters. The molecule has 0 fully saturated rings. The summed E-state index contributed by atoms with van der Waals surface area (Å²) in [7, 11) is 0. The first kappa shape index (κ1) is 14.1. The van der Waals surface area contributed by atoms with Crippen LogP contribution in [-0.2, 0) is 0 Å². The van der Waals surface area contributed by atoms with Gasteiger partial charge in [-0.25, -0.2) is 4.79 Å². The van der Waals surface area contributed by atoms with Gasteiger partial charge in [0.15, 0.2) is 12.4 Å². The van der Waals surface area contributed by atoms with Crippen LogP contribution in [0.2, 0.25) is 10.0 Å². The topological polar surface area (TPSA) is 64.2 Å². The quantitative estimate of drug-likeness (QED) is 0.502. The van der Waals surface area contributed by atoms with E-state index in [2.05, 4.69) is 15.9 Å². The minimum atomic E-state index is -1.20. The third kappa shape index (κ3) is 2.68. The zero-order valence-corrected chi connectivity index (χ0v) is 12.3. The summed E-state index contributed by atoms with van der Waals surface area (Å²) in [5.41, 5.74) is 1.15. The molecule has 0 spiro atoms. The number of carboxylic acids is 1. The molecule has 0 saturated carbocycles. The second kappa shape index (κ2) is 5.36. The van der Waals surface area contributed by atoms with Gasteiger partial charge in [0, 0.05) is 16.6 Å². The maximum Gasteiger partial charge on any atom is 0.338 e. The molecule has 2 aromatic rings. The number of nitrogens with zero attached hydrogens (tertiary/aromatic N) is 1. The van der Waals surface area contributed by atoms with Crippen molar-refractivity contribution >= 4 is 45.1 Å². The van der Waals surface area contributed by atoms with Gasteiger partial charge in [-0.1, -0.05) is 23.2 Å². The Bertz CT molecular complexity index is 659. The van der Waals surface area contributed by atoms with E-state index in [9.17, 15) is 10.0 Å². The highest BCUT2D eigenvalue weighted by Crippen LogP contribution is 2.39. The first-order valence-electron chi connectivity index (χ1n) is 5.02. The summed E-state index contributed by atoms with van der Waals surface area (Å²) in [5, 5.41) is 20.1. The Labute approximate surface area is 126 Å². The van der Waals surface area contributed by atoms with Crippen molar-refractivity contribution in [3.8, 4) is 11.1 Å². The van der Waals surface area contributed by atoms with Gasteiger partial charge in [-0.15, -0.1) is 0 Å². The van der Waals surface area contributed by atoms with Crippen LogP contribution in [-0.4, -0.2) is 11.1 Å². The molecule has 1 heterocycles. The van der Waals surface area contributed by atoms with Crippen molar-refractivity contribution in [1.82, 2.24) is 0 Å². The van der Waals surface area contributed by atoms with Crippen LogP contribution in [0.5, 0.6) is 0 Å². The number of hydrogen-bond donors (Lipinski definition) is 1. The Hall–Kier alpha value is -1.30. The highest BCUT2D eigenvalue weighted by atomic mass is 79.9. The molecular formula is C12H6BrCl2NO3. The highest BCUT2D eigenvalue weighted by molar-refractivity contribution is 9.10. The van der Waals surface area contributed by atoms with E-state index in [0.29, 0.717) is 20.3 Å². The summed E-state index contributed by atoms with van der Waals surface area (Å²) in [6, 6.07) is 4.66. The molecule has 0 aliphatic heterocycles. The molecule has 0 saturated heterocycles. The van der Waals surface area contributed by atoms with Crippen molar-refractivity contribution in [3.63, 3.8) is 0 Å². The van der Waals surface area contributed by atoms with Crippen LogP contribution in [0.15, 0.2) is 35.1 Å². The molecule has 0 aliphatic rings. The zero-order valence-electron chi connectivity index (χ0n) is 9.23. The van der Waals surface area contributed by atoms with E-state index in [1.807, 2.05) is 0 Å². The first-order chi connectivity index (χ1) is 8.91. The number of halogens is 3. The van der Waals surface area contributed by atoms with Gasteiger partial charge in [0.2, 0.25) is 0 Å². The third-order valence-electron chi connectivity index (χ3n) is 2.49. The molecule has 0 amide bonds. The van der Waals surface area contributed by atoms with Crippen LogP contribution in [0.3, 0.4) is 0 Å². The van der Waals surface area contributed by atoms with Crippen molar-refractivity contribution in [2.45, 2.75) is 0 Å². The van der Waals surface area contributed by atoms with Gasteiger partial charge in [0.1, 0.15) is 0 Å². The molecule has 0 bridgehead atoms. The third-order valence-corrected chi connectivity index (χ3v) is 4.21. The molecule has 7 heteroatoms. The Kier molecular flexibility index (Phi) is 3.99. The number of aromatic carboxylic acids is 1. The average Bonchev–Trinajstić information content (AvgIpc) is 2.34. The Morgan fingerprint density at radius 3 is 2.42 bits per heavy atom. The maximum atomic E-state index is 11.1. The van der Waals surface area contributed by atoms with Crippen molar-refractivity contribution in [2.75, 3.05) is 0 Å². The van der Waals surface area contributed by atoms with Crippen molar-refractivity contribution in [1.29, 1.82) is 0 Å². The van der Waals surface area contributed by atoms with Crippen LogP contribution < -0.4 is 4.73 Å². The molecule has 98 valence electrons. The molecule has 19 heavy (non-hydrogen) atoms. The van der Waals surface area contributed by atoms with Crippen LogP contribution in [0.1, 0.15) is 10.4 Å². The largest absolute Gasteiger partial charge is 0.619 e. The Morgan fingerprint density at radius 2 is 1.89 bits per heavy atom. The van der Waals surface area contributed by atoms with E-state index in [1.165, 1.54) is 18.5 Å². The Balaban J connectivity index is 2.66. The van der Waals surface area contributed by atoms with Gasteiger partial charge in [0.05, 0.1) is 15.6 Å². The summed E-state index contributed by atoms with van der Waals surface area (Å²) >= 11 is 15.2. The van der Waals surface area contributed by atoms with Crippen molar-refractivity contribution in [2.24, 2.45) is 0 Å². The number of carbonyl (C=O) groups is 1. The summed E-state index contributed by atoms with van der Waals surface area (Å²) < 4.78 is 1.06. The number of hydrogen-bond acceptors (Lipinski definition) is 2. The fourth-order valence-corrected chi connectivity index (χ4v) is 2.75. The summed E-state index contributed by atoms with van der Waals surface area (Å²) in [4.78, 5) is 11.1. The predicted molar refractivity (Wildman–Crippen MR) is 75.5 cm³/mol. The van der Waals surface area contributed by atoms with Crippen LogP contribution >= 0.6 is 39.1 Å². The Morgan fingerprint density at radius 1 is 1.32 bits per heavy atom. The molecule has 1 aromatic heterocycles. The second-order valence-electron chi connectivity index (χ2n) is 3.66. The smallest absolute Gasteiger partial charge is 0.338 e. The van der Waals surface area contributed by atoms with E-state index in [-0.39, 0.29) is 15.6 Å². The van der Waals surface area contributed by atoms with Gasteiger partial charge in [-0.05, 0) is 33.1 Å². The van der Waals surface area contributed by atoms with E-state index >= 15 is 0 Å². The van der Waals surface area contributed by atoms with Gasteiger partial charge < -0.3 is 10.3 Å². The lowest BCUT2D eigenvalue weighted by Crippen LogP contribution is -2.23. The number of benzene rings is 1. The SMILES string of the molecule is O=C(O)c1c(Cl)cc(-c2cc[n+]([O-])cc2)c(Br)c1Cl. The van der Waals surface area contributed by atoms with E-state index in [4.69, 9.17) is 28.3 Å². The first-order valence-corrected chi connectivity index (χ1v) is 6.56. The number of pyridine rings is 1. The predicted octanol–water partition coefficient (Wildman–Crippen LogP) is 3.75. The zero-order chi connectivity index (χ0) is 14.2. The summed E-state index contributed by atoms with van der Waals surface area (Å²) in [6.07, 6.45) is 2.66. The van der Waals surface area contributed by atoms with E-state index < -0.39 is 5.97 Å². The lowest BCUT2D eigenvalue weighted by Gasteiger charge is -2.10. The standard InChI is InChI=1S/C12H6BrCl2NO3/c13-10-7(6-1-3-16(19)4-2-6)5-8(14)9(11(10)15)12(17)18/h1-5H,(H,17,18). The van der Waals surface area contributed by atoms with Gasteiger partial charge in [-0.3, -0.25) is 0 Å². The lowest BCUT2D eigenvalue weighted by atomic mass is 10.0. The normalized spacial score (nSPS) is 10.5.